The standard InChI is InChI=1S/C31H43NO8/c1-19(2)39-25(33)17-31(36,11-6-9-29(4,5)35)28(34)40-27-20(3)16-30-10-7-12-32(30)13-8-21-14-23-24(38-18-37-23)15-22(21)26(27)30/h14-16,19,26-27,35-36H,6-13,17-18H2,1-5H3/t26-,27?,30?,31-/m1/s1. The maximum atomic E-state index is 13.9. The van der Waals surface area contributed by atoms with Crippen molar-refractivity contribution in [2.45, 2.75) is 114 Å². The Bertz CT molecular complexity index is 1190. The average Bonchev–Trinajstić information content (AvgIpc) is 3.51. The number of ether oxygens (including phenoxy) is 4. The molecule has 0 saturated carbocycles. The molecular formula is C31H43NO8. The molecule has 220 valence electrons. The van der Waals surface area contributed by atoms with Gasteiger partial charge in [-0.3, -0.25) is 9.69 Å². The molecule has 40 heavy (non-hydrogen) atoms. The quantitative estimate of drug-likeness (QED) is 0.346. The second kappa shape index (κ2) is 10.7. The lowest BCUT2D eigenvalue weighted by Gasteiger charge is -2.40. The predicted molar refractivity (Wildman–Crippen MR) is 147 cm³/mol. The molecule has 1 aromatic rings. The molecule has 9 heteroatoms. The van der Waals surface area contributed by atoms with Gasteiger partial charge in [-0.15, -0.1) is 0 Å². The summed E-state index contributed by atoms with van der Waals surface area (Å²) in [6, 6.07) is 4.09. The van der Waals surface area contributed by atoms with Crippen LogP contribution in [0.25, 0.3) is 0 Å². The molecule has 0 amide bonds. The molecule has 3 heterocycles. The first-order chi connectivity index (χ1) is 18.8. The van der Waals surface area contributed by atoms with Crippen LogP contribution in [0.15, 0.2) is 23.8 Å². The van der Waals surface area contributed by atoms with Crippen LogP contribution in [0.4, 0.5) is 0 Å². The van der Waals surface area contributed by atoms with Crippen LogP contribution in [-0.2, 0) is 25.5 Å². The van der Waals surface area contributed by atoms with Gasteiger partial charge in [-0.2, -0.15) is 0 Å². The van der Waals surface area contributed by atoms with E-state index in [0.717, 1.165) is 54.8 Å². The summed E-state index contributed by atoms with van der Waals surface area (Å²) in [5.74, 6) is -0.267. The molecule has 4 atom stereocenters. The van der Waals surface area contributed by atoms with Crippen molar-refractivity contribution in [3.05, 3.63) is 34.9 Å². The third-order valence-electron chi connectivity index (χ3n) is 8.78. The Morgan fingerprint density at radius 2 is 1.88 bits per heavy atom. The van der Waals surface area contributed by atoms with Gasteiger partial charge in [0.25, 0.3) is 0 Å². The third kappa shape index (κ3) is 5.48. The molecule has 3 aliphatic heterocycles. The number of aliphatic hydroxyl groups is 2. The van der Waals surface area contributed by atoms with Crippen molar-refractivity contribution < 1.29 is 38.7 Å². The zero-order valence-electron chi connectivity index (χ0n) is 24.3. The Kier molecular flexibility index (Phi) is 7.70. The molecule has 1 aliphatic carbocycles. The van der Waals surface area contributed by atoms with Gasteiger partial charge >= 0.3 is 11.9 Å². The van der Waals surface area contributed by atoms with E-state index >= 15 is 0 Å². The fourth-order valence-corrected chi connectivity index (χ4v) is 7.05. The molecule has 1 spiro atoms. The fourth-order valence-electron chi connectivity index (χ4n) is 7.05. The summed E-state index contributed by atoms with van der Waals surface area (Å²) in [5.41, 5.74) is -0.200. The van der Waals surface area contributed by atoms with Gasteiger partial charge in [0, 0.05) is 12.5 Å². The third-order valence-corrected chi connectivity index (χ3v) is 8.78. The summed E-state index contributed by atoms with van der Waals surface area (Å²) in [6.45, 7) is 10.8. The number of benzene rings is 1. The number of rotatable bonds is 9. The summed E-state index contributed by atoms with van der Waals surface area (Å²) < 4.78 is 22.9. The lowest BCUT2D eigenvalue weighted by atomic mass is 9.77. The van der Waals surface area contributed by atoms with Gasteiger partial charge in [-0.1, -0.05) is 6.08 Å². The summed E-state index contributed by atoms with van der Waals surface area (Å²) in [5, 5.41) is 21.8. The largest absolute Gasteiger partial charge is 0.463 e. The van der Waals surface area contributed by atoms with Crippen LogP contribution >= 0.6 is 0 Å². The van der Waals surface area contributed by atoms with Gasteiger partial charge in [0.2, 0.25) is 6.79 Å². The predicted octanol–water partition coefficient (Wildman–Crippen LogP) is 3.78. The number of carbonyl (C=O) groups excluding carboxylic acids is 2. The van der Waals surface area contributed by atoms with Gasteiger partial charge in [-0.05, 0) is 109 Å². The number of nitrogens with zero attached hydrogens (tertiary/aromatic N) is 1. The van der Waals surface area contributed by atoms with Gasteiger partial charge in [0.05, 0.1) is 23.7 Å². The van der Waals surface area contributed by atoms with Crippen molar-refractivity contribution in [2.24, 2.45) is 0 Å². The minimum Gasteiger partial charge on any atom is -0.463 e. The Balaban J connectivity index is 1.47. The molecule has 5 rings (SSSR count). The molecule has 0 radical (unpaired) electrons. The Morgan fingerprint density at radius 1 is 1.15 bits per heavy atom. The van der Waals surface area contributed by atoms with E-state index in [1.165, 1.54) is 0 Å². The second-order valence-corrected chi connectivity index (χ2v) is 12.8. The molecular weight excluding hydrogens is 514 g/mol. The Hall–Kier alpha value is -2.62. The number of carbonyl (C=O) groups is 2. The number of fused-ring (bicyclic) bond motifs is 3. The molecule has 9 nitrogen and oxygen atoms in total. The van der Waals surface area contributed by atoms with Crippen molar-refractivity contribution in [1.82, 2.24) is 4.90 Å². The van der Waals surface area contributed by atoms with Crippen LogP contribution in [0.2, 0.25) is 0 Å². The topological polar surface area (TPSA) is 115 Å². The highest BCUT2D eigenvalue weighted by atomic mass is 16.7. The van der Waals surface area contributed by atoms with E-state index in [-0.39, 0.29) is 30.8 Å². The van der Waals surface area contributed by atoms with E-state index in [0.29, 0.717) is 18.6 Å². The van der Waals surface area contributed by atoms with E-state index in [1.54, 1.807) is 27.7 Å². The molecule has 1 saturated heterocycles. The van der Waals surface area contributed by atoms with Crippen molar-refractivity contribution in [3.63, 3.8) is 0 Å². The van der Waals surface area contributed by atoms with Gasteiger partial charge in [-0.25, -0.2) is 4.79 Å². The van der Waals surface area contributed by atoms with Crippen molar-refractivity contribution in [2.75, 3.05) is 19.9 Å². The fraction of sp³-hybridized carbons (Fsp3) is 0.677. The monoisotopic (exact) mass is 557 g/mol. The van der Waals surface area contributed by atoms with Gasteiger partial charge in [0.15, 0.2) is 17.1 Å². The first-order valence-electron chi connectivity index (χ1n) is 14.5. The zero-order chi connectivity index (χ0) is 28.9. The Labute approximate surface area is 236 Å². The molecule has 1 aromatic carbocycles. The van der Waals surface area contributed by atoms with Crippen LogP contribution in [0, 0.1) is 0 Å². The molecule has 2 unspecified atom stereocenters. The SMILES string of the molecule is CC1=CC23CCCN2CCc2cc4c(cc2[C@@H]3C1OC(=O)[C@@](O)(CCCC(C)(C)O)CC(=O)OC(C)C)OCO4. The average molecular weight is 558 g/mol. The second-order valence-electron chi connectivity index (χ2n) is 12.8. The van der Waals surface area contributed by atoms with E-state index in [9.17, 15) is 19.8 Å². The van der Waals surface area contributed by atoms with Crippen LogP contribution in [0.1, 0.15) is 90.2 Å². The summed E-state index contributed by atoms with van der Waals surface area (Å²) in [6.07, 6.45) is 4.22. The van der Waals surface area contributed by atoms with E-state index < -0.39 is 35.7 Å². The number of hydrogen-bond acceptors (Lipinski definition) is 9. The Morgan fingerprint density at radius 3 is 2.58 bits per heavy atom. The van der Waals surface area contributed by atoms with Crippen molar-refractivity contribution >= 4 is 11.9 Å². The summed E-state index contributed by atoms with van der Waals surface area (Å²) >= 11 is 0. The lowest BCUT2D eigenvalue weighted by molar-refractivity contribution is -0.179. The van der Waals surface area contributed by atoms with Crippen LogP contribution in [-0.4, -0.2) is 75.9 Å². The molecule has 0 bridgehead atoms. The highest BCUT2D eigenvalue weighted by Crippen LogP contribution is 2.55. The van der Waals surface area contributed by atoms with Crippen LogP contribution < -0.4 is 9.47 Å². The van der Waals surface area contributed by atoms with E-state index in [4.69, 9.17) is 18.9 Å². The number of hydrogen-bond donors (Lipinski definition) is 2. The molecule has 2 N–H and O–H groups in total. The highest BCUT2D eigenvalue weighted by Gasteiger charge is 2.57. The summed E-state index contributed by atoms with van der Waals surface area (Å²) in [4.78, 5) is 29.0. The summed E-state index contributed by atoms with van der Waals surface area (Å²) in [7, 11) is 0. The maximum absolute atomic E-state index is 13.9. The van der Waals surface area contributed by atoms with E-state index in [1.807, 2.05) is 13.0 Å². The smallest absolute Gasteiger partial charge is 0.339 e. The van der Waals surface area contributed by atoms with Gasteiger partial charge in [0.1, 0.15) is 6.10 Å². The molecule has 0 aromatic heterocycles. The van der Waals surface area contributed by atoms with Crippen molar-refractivity contribution in [1.29, 1.82) is 0 Å². The molecule has 4 aliphatic rings. The normalized spacial score (nSPS) is 26.9. The minimum absolute atomic E-state index is 0.0320. The lowest BCUT2D eigenvalue weighted by Crippen LogP contribution is -2.49. The number of esters is 2. The minimum atomic E-state index is -2.08. The molecule has 1 fully saturated rings. The van der Waals surface area contributed by atoms with Crippen molar-refractivity contribution in [3.8, 4) is 11.5 Å². The van der Waals surface area contributed by atoms with Crippen LogP contribution in [0.5, 0.6) is 11.5 Å². The first-order valence-corrected chi connectivity index (χ1v) is 14.5. The van der Waals surface area contributed by atoms with Gasteiger partial charge < -0.3 is 29.2 Å². The zero-order valence-corrected chi connectivity index (χ0v) is 24.3. The van der Waals surface area contributed by atoms with E-state index in [2.05, 4.69) is 17.0 Å². The highest BCUT2D eigenvalue weighted by molar-refractivity contribution is 5.86. The van der Waals surface area contributed by atoms with Crippen LogP contribution in [0.3, 0.4) is 0 Å². The maximum Gasteiger partial charge on any atom is 0.339 e. The first kappa shape index (κ1) is 28.9.